The van der Waals surface area contributed by atoms with Crippen molar-refractivity contribution in [1.29, 1.82) is 0 Å². The van der Waals surface area contributed by atoms with Crippen LogP contribution in [0.3, 0.4) is 0 Å². The zero-order chi connectivity index (χ0) is 9.61. The van der Waals surface area contributed by atoms with Crippen molar-refractivity contribution >= 4 is 5.97 Å². The number of carbonyl (C=O) groups is 1. The van der Waals surface area contributed by atoms with E-state index in [1.807, 2.05) is 0 Å². The van der Waals surface area contributed by atoms with E-state index >= 15 is 0 Å². The van der Waals surface area contributed by atoms with Gasteiger partial charge in [-0.2, -0.15) is 0 Å². The van der Waals surface area contributed by atoms with Crippen molar-refractivity contribution in [2.45, 2.75) is 26.2 Å². The van der Waals surface area contributed by atoms with Crippen molar-refractivity contribution in [3.8, 4) is 24.7 Å². The van der Waals surface area contributed by atoms with E-state index in [2.05, 4.69) is 11.8 Å². The predicted octanol–water partition coefficient (Wildman–Crippen LogP) is 1.51. The Morgan fingerprint density at radius 2 is 2.17 bits per heavy atom. The summed E-state index contributed by atoms with van der Waals surface area (Å²) in [4.78, 5) is 10.7. The predicted molar refractivity (Wildman–Crippen MR) is 47.3 cm³/mol. The van der Waals surface area contributed by atoms with E-state index in [1.165, 1.54) is 6.92 Å². The summed E-state index contributed by atoms with van der Waals surface area (Å²) in [5.74, 6) is 3.75. The molecule has 1 atom stereocenters. The van der Waals surface area contributed by atoms with Gasteiger partial charge in [0.15, 0.2) is 0 Å². The van der Waals surface area contributed by atoms with Crippen molar-refractivity contribution in [3.05, 3.63) is 0 Å². The smallest absolute Gasteiger partial charge is 0.321 e. The maximum Gasteiger partial charge on any atom is 0.321 e. The molecule has 0 bridgehead atoms. The minimum atomic E-state index is -1.06. The third-order valence-electron chi connectivity index (χ3n) is 1.79. The quantitative estimate of drug-likeness (QED) is 0.505. The number of hydrogen-bond donors (Lipinski definition) is 1. The average Bonchev–Trinajstić information content (AvgIpc) is 2.04. The summed E-state index contributed by atoms with van der Waals surface area (Å²) in [6, 6.07) is 0. The van der Waals surface area contributed by atoms with Crippen molar-refractivity contribution in [2.75, 3.05) is 0 Å². The average molecular weight is 164 g/mol. The molecule has 0 heterocycles. The van der Waals surface area contributed by atoms with Gasteiger partial charge in [0.2, 0.25) is 0 Å². The van der Waals surface area contributed by atoms with Crippen LogP contribution in [0.25, 0.3) is 0 Å². The molecule has 2 heteroatoms. The van der Waals surface area contributed by atoms with E-state index < -0.39 is 11.4 Å². The second kappa shape index (κ2) is 4.46. The number of aliphatic carboxylic acids is 1. The monoisotopic (exact) mass is 164 g/mol. The van der Waals surface area contributed by atoms with Gasteiger partial charge in [0.25, 0.3) is 0 Å². The van der Waals surface area contributed by atoms with E-state index in [0.717, 1.165) is 0 Å². The fraction of sp³-hybridized carbons (Fsp3) is 0.500. The van der Waals surface area contributed by atoms with Crippen LogP contribution in [-0.2, 0) is 4.79 Å². The van der Waals surface area contributed by atoms with E-state index in [1.54, 1.807) is 0 Å². The minimum absolute atomic E-state index is 0.434. The van der Waals surface area contributed by atoms with Crippen molar-refractivity contribution in [3.63, 3.8) is 0 Å². The van der Waals surface area contributed by atoms with E-state index in [4.69, 9.17) is 18.0 Å². The van der Waals surface area contributed by atoms with Crippen LogP contribution in [0, 0.1) is 30.1 Å². The second-order valence-corrected chi connectivity index (χ2v) is 2.84. The Balaban J connectivity index is 4.11. The topological polar surface area (TPSA) is 37.3 Å². The standard InChI is InChI=1S/C10H12O2/c1-4-6-7-8-10(3,5-2)9(11)12/h1-2H,6-8H2,3H3,(H,11,12). The number of rotatable bonds is 4. The molecule has 0 aromatic carbocycles. The van der Waals surface area contributed by atoms with E-state index in [0.29, 0.717) is 19.3 Å². The Labute approximate surface area is 73.0 Å². The van der Waals surface area contributed by atoms with E-state index in [-0.39, 0.29) is 0 Å². The molecule has 0 amide bonds. The van der Waals surface area contributed by atoms with Gasteiger partial charge in [0.1, 0.15) is 5.41 Å². The first-order valence-electron chi connectivity index (χ1n) is 3.71. The molecule has 0 radical (unpaired) electrons. The lowest BCUT2D eigenvalue weighted by atomic mass is 9.86. The lowest BCUT2D eigenvalue weighted by Crippen LogP contribution is -2.25. The van der Waals surface area contributed by atoms with Crippen molar-refractivity contribution < 1.29 is 9.90 Å². The summed E-state index contributed by atoms with van der Waals surface area (Å²) in [7, 11) is 0. The summed E-state index contributed by atoms with van der Waals surface area (Å²) >= 11 is 0. The number of carboxylic acids is 1. The molecule has 0 spiro atoms. The molecule has 64 valence electrons. The van der Waals surface area contributed by atoms with Gasteiger partial charge in [0, 0.05) is 6.42 Å². The summed E-state index contributed by atoms with van der Waals surface area (Å²) in [6.45, 7) is 1.53. The van der Waals surface area contributed by atoms with Gasteiger partial charge in [-0.05, 0) is 19.8 Å². The zero-order valence-corrected chi connectivity index (χ0v) is 7.13. The largest absolute Gasteiger partial charge is 0.480 e. The lowest BCUT2D eigenvalue weighted by molar-refractivity contribution is -0.144. The molecular formula is C10H12O2. The van der Waals surface area contributed by atoms with Crippen LogP contribution in [0.5, 0.6) is 0 Å². The maximum absolute atomic E-state index is 10.7. The highest BCUT2D eigenvalue weighted by atomic mass is 16.4. The van der Waals surface area contributed by atoms with Crippen molar-refractivity contribution in [1.82, 2.24) is 0 Å². The molecule has 2 nitrogen and oxygen atoms in total. The maximum atomic E-state index is 10.7. The van der Waals surface area contributed by atoms with Crippen LogP contribution in [0.2, 0.25) is 0 Å². The van der Waals surface area contributed by atoms with Gasteiger partial charge in [-0.1, -0.05) is 5.92 Å². The van der Waals surface area contributed by atoms with Gasteiger partial charge in [-0.25, -0.2) is 0 Å². The van der Waals surface area contributed by atoms with Crippen LogP contribution >= 0.6 is 0 Å². The highest BCUT2D eigenvalue weighted by Gasteiger charge is 2.29. The van der Waals surface area contributed by atoms with Crippen LogP contribution in [-0.4, -0.2) is 11.1 Å². The first-order valence-corrected chi connectivity index (χ1v) is 3.71. The SMILES string of the molecule is C#CCCCC(C)(C#C)C(=O)O. The Kier molecular flexibility index (Phi) is 3.94. The molecule has 0 aliphatic rings. The Morgan fingerprint density at radius 1 is 1.58 bits per heavy atom. The van der Waals surface area contributed by atoms with Crippen LogP contribution < -0.4 is 0 Å². The molecule has 0 fully saturated rings. The third kappa shape index (κ3) is 2.68. The molecular weight excluding hydrogens is 152 g/mol. The van der Waals surface area contributed by atoms with Crippen LogP contribution in [0.1, 0.15) is 26.2 Å². The molecule has 0 saturated carbocycles. The van der Waals surface area contributed by atoms with E-state index in [9.17, 15) is 4.79 Å². The van der Waals surface area contributed by atoms with Gasteiger partial charge >= 0.3 is 5.97 Å². The fourth-order valence-electron chi connectivity index (χ4n) is 0.785. The van der Waals surface area contributed by atoms with Crippen LogP contribution in [0.15, 0.2) is 0 Å². The first kappa shape index (κ1) is 10.6. The fourth-order valence-corrected chi connectivity index (χ4v) is 0.785. The van der Waals surface area contributed by atoms with Gasteiger partial charge in [0.05, 0.1) is 0 Å². The van der Waals surface area contributed by atoms with Gasteiger partial charge in [-0.15, -0.1) is 18.8 Å². The summed E-state index contributed by atoms with van der Waals surface area (Å²) < 4.78 is 0. The molecule has 0 aliphatic carbocycles. The molecule has 1 unspecified atom stereocenters. The molecule has 0 aromatic heterocycles. The molecule has 0 rings (SSSR count). The van der Waals surface area contributed by atoms with Crippen LogP contribution in [0.4, 0.5) is 0 Å². The van der Waals surface area contributed by atoms with Gasteiger partial charge < -0.3 is 5.11 Å². The highest BCUT2D eigenvalue weighted by molar-refractivity contribution is 5.77. The zero-order valence-electron chi connectivity index (χ0n) is 7.13. The number of hydrogen-bond acceptors (Lipinski definition) is 1. The molecule has 1 N–H and O–H groups in total. The number of unbranched alkanes of at least 4 members (excludes halogenated alkanes) is 1. The normalized spacial score (nSPS) is 13.9. The number of terminal acetylenes is 2. The summed E-state index contributed by atoms with van der Waals surface area (Å²) in [6.07, 6.45) is 11.8. The first-order chi connectivity index (χ1) is 5.56. The number of carboxylic acid groups (broad SMARTS) is 1. The summed E-state index contributed by atoms with van der Waals surface area (Å²) in [5, 5.41) is 8.74. The van der Waals surface area contributed by atoms with Crippen molar-refractivity contribution in [2.24, 2.45) is 5.41 Å². The summed E-state index contributed by atoms with van der Waals surface area (Å²) in [5.41, 5.74) is -1.06. The molecule has 0 aromatic rings. The molecule has 12 heavy (non-hydrogen) atoms. The Hall–Kier alpha value is -1.41. The molecule has 0 aliphatic heterocycles. The Bertz CT molecular complexity index is 242. The second-order valence-electron chi connectivity index (χ2n) is 2.84. The molecule has 0 saturated heterocycles. The van der Waals surface area contributed by atoms with Gasteiger partial charge in [-0.3, -0.25) is 4.79 Å². The lowest BCUT2D eigenvalue weighted by Gasteiger charge is -2.16. The highest BCUT2D eigenvalue weighted by Crippen LogP contribution is 2.22. The Morgan fingerprint density at radius 3 is 2.50 bits per heavy atom. The minimum Gasteiger partial charge on any atom is -0.480 e. The third-order valence-corrected chi connectivity index (χ3v) is 1.79.